The lowest BCUT2D eigenvalue weighted by molar-refractivity contribution is 0.0747. The topological polar surface area (TPSA) is 102 Å². The molecule has 1 aromatic rings. The molecule has 1 aromatic heterocycles. The fourth-order valence-electron chi connectivity index (χ4n) is 1.08. The van der Waals surface area contributed by atoms with Crippen molar-refractivity contribution in [3.05, 3.63) is 28.9 Å². The van der Waals surface area contributed by atoms with Gasteiger partial charge in [-0.15, -0.1) is 0 Å². The predicted molar refractivity (Wildman–Crippen MR) is 56.0 cm³/mol. The number of hydrogen-bond donors (Lipinski definition) is 2. The standard InChI is InChI=1S/C8H13N2O5P/c1-7(15-6-16(12,13)14)5-10-4-2-3-9-8(10)11/h2-4,7H,5-6H2,1H3,(H2,12,13,14)/t7-/m1/s1. The van der Waals surface area contributed by atoms with E-state index in [1.807, 2.05) is 0 Å². The monoisotopic (exact) mass is 248 g/mol. The lowest BCUT2D eigenvalue weighted by Crippen LogP contribution is -2.27. The van der Waals surface area contributed by atoms with Crippen molar-refractivity contribution in [3.63, 3.8) is 0 Å². The van der Waals surface area contributed by atoms with Gasteiger partial charge in [0.25, 0.3) is 0 Å². The average Bonchev–Trinajstić information content (AvgIpc) is 2.18. The lowest BCUT2D eigenvalue weighted by Gasteiger charge is -2.14. The summed E-state index contributed by atoms with van der Waals surface area (Å²) in [6, 6.07) is 1.59. The Balaban J connectivity index is 2.52. The normalized spacial score (nSPS) is 13.7. The van der Waals surface area contributed by atoms with Gasteiger partial charge in [0, 0.05) is 12.4 Å². The third-order valence-electron chi connectivity index (χ3n) is 1.76. The third kappa shape index (κ3) is 4.67. The molecule has 0 unspecified atom stereocenters. The van der Waals surface area contributed by atoms with Crippen LogP contribution in [0.1, 0.15) is 6.92 Å². The fraction of sp³-hybridized carbons (Fsp3) is 0.500. The molecule has 0 radical (unpaired) electrons. The summed E-state index contributed by atoms with van der Waals surface area (Å²) >= 11 is 0. The van der Waals surface area contributed by atoms with E-state index in [0.29, 0.717) is 0 Å². The Morgan fingerprint density at radius 3 is 2.88 bits per heavy atom. The van der Waals surface area contributed by atoms with E-state index >= 15 is 0 Å². The zero-order valence-corrected chi connectivity index (χ0v) is 9.58. The van der Waals surface area contributed by atoms with Gasteiger partial charge in [-0.2, -0.15) is 0 Å². The van der Waals surface area contributed by atoms with Gasteiger partial charge >= 0.3 is 13.3 Å². The van der Waals surface area contributed by atoms with E-state index in [1.165, 1.54) is 17.0 Å². The first-order valence-corrected chi connectivity index (χ1v) is 6.36. The molecule has 7 nitrogen and oxygen atoms in total. The van der Waals surface area contributed by atoms with Crippen LogP contribution >= 0.6 is 7.60 Å². The maximum Gasteiger partial charge on any atom is 0.350 e. The maximum atomic E-state index is 11.2. The van der Waals surface area contributed by atoms with E-state index in [2.05, 4.69) is 4.98 Å². The Kier molecular flexibility index (Phi) is 4.37. The zero-order chi connectivity index (χ0) is 12.2. The fourth-order valence-corrected chi connectivity index (χ4v) is 1.53. The first kappa shape index (κ1) is 13.1. The zero-order valence-electron chi connectivity index (χ0n) is 8.68. The van der Waals surface area contributed by atoms with E-state index in [4.69, 9.17) is 14.5 Å². The summed E-state index contributed by atoms with van der Waals surface area (Å²) in [5.74, 6) is 0. The highest BCUT2D eigenvalue weighted by Crippen LogP contribution is 2.34. The molecular weight excluding hydrogens is 235 g/mol. The van der Waals surface area contributed by atoms with Crippen LogP contribution in [-0.4, -0.2) is 31.8 Å². The number of rotatable bonds is 5. The van der Waals surface area contributed by atoms with Crippen LogP contribution in [0.3, 0.4) is 0 Å². The van der Waals surface area contributed by atoms with Crippen molar-refractivity contribution in [2.75, 3.05) is 6.35 Å². The minimum absolute atomic E-state index is 0.201. The molecule has 90 valence electrons. The molecule has 0 amide bonds. The van der Waals surface area contributed by atoms with Gasteiger partial charge in [0.05, 0.1) is 12.6 Å². The Morgan fingerprint density at radius 2 is 2.31 bits per heavy atom. The summed E-state index contributed by atoms with van der Waals surface area (Å²) in [4.78, 5) is 31.9. The van der Waals surface area contributed by atoms with Crippen LogP contribution in [0.5, 0.6) is 0 Å². The smallest absolute Gasteiger partial charge is 0.350 e. The van der Waals surface area contributed by atoms with Crippen molar-refractivity contribution in [3.8, 4) is 0 Å². The molecule has 2 N–H and O–H groups in total. The summed E-state index contributed by atoms with van der Waals surface area (Å²) in [5.41, 5.74) is -0.422. The Hall–Kier alpha value is -1.01. The second-order valence-corrected chi connectivity index (χ2v) is 4.91. The first-order valence-electron chi connectivity index (χ1n) is 4.56. The van der Waals surface area contributed by atoms with Crippen LogP contribution in [0.4, 0.5) is 0 Å². The lowest BCUT2D eigenvalue weighted by atomic mass is 10.4. The second kappa shape index (κ2) is 5.36. The van der Waals surface area contributed by atoms with Crippen molar-refractivity contribution in [1.82, 2.24) is 9.55 Å². The molecular formula is C8H13N2O5P. The van der Waals surface area contributed by atoms with Gasteiger partial charge in [0.1, 0.15) is 6.35 Å². The highest BCUT2D eigenvalue weighted by atomic mass is 31.2. The summed E-state index contributed by atoms with van der Waals surface area (Å²) in [6.45, 7) is 1.82. The largest absolute Gasteiger partial charge is 0.364 e. The molecule has 0 saturated heterocycles. The van der Waals surface area contributed by atoms with E-state index in [0.717, 1.165) is 0 Å². The molecule has 0 spiro atoms. The number of aromatic nitrogens is 2. The molecule has 1 atom stereocenters. The molecule has 8 heteroatoms. The molecule has 0 saturated carbocycles. The molecule has 0 fully saturated rings. The molecule has 0 aromatic carbocycles. The van der Waals surface area contributed by atoms with Crippen LogP contribution in [0.15, 0.2) is 23.3 Å². The van der Waals surface area contributed by atoms with Crippen LogP contribution in [-0.2, 0) is 15.8 Å². The Bertz CT molecular complexity index is 440. The van der Waals surface area contributed by atoms with Crippen LogP contribution < -0.4 is 5.69 Å². The molecule has 0 aliphatic heterocycles. The Labute approximate surface area is 91.9 Å². The summed E-state index contributed by atoms with van der Waals surface area (Å²) < 4.78 is 16.8. The Morgan fingerprint density at radius 1 is 1.62 bits per heavy atom. The SMILES string of the molecule is C[C@H](Cn1cccnc1=O)OCP(=O)(O)O. The van der Waals surface area contributed by atoms with Crippen molar-refractivity contribution in [2.24, 2.45) is 0 Å². The van der Waals surface area contributed by atoms with Gasteiger partial charge in [0.2, 0.25) is 0 Å². The third-order valence-corrected chi connectivity index (χ3v) is 2.25. The van der Waals surface area contributed by atoms with Gasteiger partial charge in [-0.3, -0.25) is 9.13 Å². The number of nitrogens with zero attached hydrogens (tertiary/aromatic N) is 2. The molecule has 0 aliphatic carbocycles. The summed E-state index contributed by atoms with van der Waals surface area (Å²) in [5, 5.41) is 0. The highest BCUT2D eigenvalue weighted by Gasteiger charge is 2.15. The molecule has 1 rings (SSSR count). The van der Waals surface area contributed by atoms with Crippen LogP contribution in [0, 0.1) is 0 Å². The number of ether oxygens (including phenoxy) is 1. The quantitative estimate of drug-likeness (QED) is 0.699. The molecule has 0 bridgehead atoms. The van der Waals surface area contributed by atoms with E-state index in [9.17, 15) is 9.36 Å². The van der Waals surface area contributed by atoms with Gasteiger partial charge < -0.3 is 14.5 Å². The number of hydrogen-bond acceptors (Lipinski definition) is 4. The minimum atomic E-state index is -4.16. The van der Waals surface area contributed by atoms with Crippen molar-refractivity contribution < 1.29 is 19.1 Å². The summed E-state index contributed by atoms with van der Waals surface area (Å²) in [6.07, 6.45) is 1.78. The molecule has 1 heterocycles. The van der Waals surface area contributed by atoms with Crippen LogP contribution in [0.25, 0.3) is 0 Å². The minimum Gasteiger partial charge on any atom is -0.364 e. The predicted octanol–water partition coefficient (Wildman–Crippen LogP) is -0.216. The van der Waals surface area contributed by atoms with E-state index in [1.54, 1.807) is 13.0 Å². The van der Waals surface area contributed by atoms with Crippen molar-refractivity contribution in [1.29, 1.82) is 0 Å². The van der Waals surface area contributed by atoms with Gasteiger partial charge in [-0.1, -0.05) is 0 Å². The molecule has 16 heavy (non-hydrogen) atoms. The van der Waals surface area contributed by atoms with Crippen LogP contribution in [0.2, 0.25) is 0 Å². The second-order valence-electron chi connectivity index (χ2n) is 3.33. The van der Waals surface area contributed by atoms with E-state index in [-0.39, 0.29) is 6.54 Å². The average molecular weight is 248 g/mol. The van der Waals surface area contributed by atoms with E-state index < -0.39 is 25.7 Å². The molecule has 0 aliphatic rings. The maximum absolute atomic E-state index is 11.2. The first-order chi connectivity index (χ1) is 7.38. The van der Waals surface area contributed by atoms with Gasteiger partial charge in [-0.25, -0.2) is 9.78 Å². The summed E-state index contributed by atoms with van der Waals surface area (Å²) in [7, 11) is -4.16. The van der Waals surface area contributed by atoms with Crippen molar-refractivity contribution in [2.45, 2.75) is 19.6 Å². The highest BCUT2D eigenvalue weighted by molar-refractivity contribution is 7.51. The van der Waals surface area contributed by atoms with Gasteiger partial charge in [0.15, 0.2) is 0 Å². The van der Waals surface area contributed by atoms with Gasteiger partial charge in [-0.05, 0) is 13.0 Å². The van der Waals surface area contributed by atoms with Crippen molar-refractivity contribution >= 4 is 7.60 Å².